The van der Waals surface area contributed by atoms with Gasteiger partial charge in [0.15, 0.2) is 0 Å². The number of aliphatic carboxylic acids is 1. The Morgan fingerprint density at radius 1 is 1.25 bits per heavy atom. The Hall–Kier alpha value is -1.39. The van der Waals surface area contributed by atoms with E-state index in [-0.39, 0.29) is 19.4 Å². The first-order valence-electron chi connectivity index (χ1n) is 3.49. The zero-order chi connectivity index (χ0) is 9.56. The number of carboxylic acid groups (broad SMARTS) is 1. The van der Waals surface area contributed by atoms with Crippen LogP contribution in [0.15, 0.2) is 0 Å². The van der Waals surface area contributed by atoms with Gasteiger partial charge in [-0.3, -0.25) is 9.59 Å². The summed E-state index contributed by atoms with van der Waals surface area (Å²) in [4.78, 5) is 31.0. The van der Waals surface area contributed by atoms with Crippen molar-refractivity contribution in [3.8, 4) is 0 Å². The molecule has 0 saturated carbocycles. The molecule has 0 heterocycles. The van der Waals surface area contributed by atoms with Crippen molar-refractivity contribution >= 4 is 17.7 Å². The second-order valence-corrected chi connectivity index (χ2v) is 2.03. The van der Waals surface area contributed by atoms with Gasteiger partial charge in [0.2, 0.25) is 5.78 Å². The molecule has 0 atom stereocenters. The Morgan fingerprint density at radius 2 is 1.83 bits per heavy atom. The number of carbonyl (C=O) groups is 3. The quantitative estimate of drug-likeness (QED) is 0.468. The lowest BCUT2D eigenvalue weighted by Crippen LogP contribution is -2.14. The van der Waals surface area contributed by atoms with Gasteiger partial charge in [0, 0.05) is 6.42 Å². The Kier molecular flexibility index (Phi) is 4.67. The van der Waals surface area contributed by atoms with Crippen molar-refractivity contribution in [2.45, 2.75) is 19.8 Å². The Labute approximate surface area is 69.3 Å². The van der Waals surface area contributed by atoms with Crippen molar-refractivity contribution in [1.82, 2.24) is 0 Å². The first-order chi connectivity index (χ1) is 5.57. The number of hydrogen-bond donors (Lipinski definition) is 1. The highest BCUT2D eigenvalue weighted by Gasteiger charge is 2.13. The number of esters is 1. The lowest BCUT2D eigenvalue weighted by Gasteiger charge is -1.98. The third kappa shape index (κ3) is 4.43. The molecule has 0 aromatic carbocycles. The molecule has 0 bridgehead atoms. The van der Waals surface area contributed by atoms with E-state index in [0.717, 1.165) is 0 Å². The SMILES string of the molecule is CCOC(=O)CCC(=O)C(=O)O. The van der Waals surface area contributed by atoms with E-state index in [1.54, 1.807) is 6.92 Å². The topological polar surface area (TPSA) is 80.7 Å². The van der Waals surface area contributed by atoms with Crippen LogP contribution < -0.4 is 0 Å². The molecule has 5 nitrogen and oxygen atoms in total. The largest absolute Gasteiger partial charge is 0.476 e. The molecule has 5 heteroatoms. The molecule has 0 aliphatic heterocycles. The standard InChI is InChI=1S/C7H10O5/c1-2-12-6(9)4-3-5(8)7(10)11/h2-4H2,1H3,(H,10,11). The second kappa shape index (κ2) is 5.29. The van der Waals surface area contributed by atoms with Crippen LogP contribution in [0.2, 0.25) is 0 Å². The second-order valence-electron chi connectivity index (χ2n) is 2.03. The van der Waals surface area contributed by atoms with Crippen LogP contribution in [0.5, 0.6) is 0 Å². The summed E-state index contributed by atoms with van der Waals surface area (Å²) < 4.78 is 4.49. The van der Waals surface area contributed by atoms with E-state index >= 15 is 0 Å². The molecule has 0 aliphatic carbocycles. The van der Waals surface area contributed by atoms with Crippen molar-refractivity contribution in [3.63, 3.8) is 0 Å². The van der Waals surface area contributed by atoms with Gasteiger partial charge in [0.1, 0.15) is 0 Å². The highest BCUT2D eigenvalue weighted by molar-refractivity contribution is 6.32. The minimum Gasteiger partial charge on any atom is -0.476 e. The van der Waals surface area contributed by atoms with Crippen molar-refractivity contribution in [2.24, 2.45) is 0 Å². The first-order valence-corrected chi connectivity index (χ1v) is 3.49. The third-order valence-corrected chi connectivity index (χ3v) is 1.10. The van der Waals surface area contributed by atoms with E-state index in [9.17, 15) is 14.4 Å². The minimum absolute atomic E-state index is 0.168. The summed E-state index contributed by atoms with van der Waals surface area (Å²) in [5, 5.41) is 8.12. The molecule has 0 rings (SSSR count). The van der Waals surface area contributed by atoms with Crippen molar-refractivity contribution in [1.29, 1.82) is 0 Å². The molecule has 68 valence electrons. The summed E-state index contributed by atoms with van der Waals surface area (Å²) in [6.07, 6.45) is -0.465. The molecule has 0 saturated heterocycles. The molecular formula is C7H10O5. The van der Waals surface area contributed by atoms with Crippen LogP contribution in [0.3, 0.4) is 0 Å². The average molecular weight is 174 g/mol. The molecule has 0 radical (unpaired) electrons. The molecule has 0 fully saturated rings. The van der Waals surface area contributed by atoms with Gasteiger partial charge in [-0.1, -0.05) is 0 Å². The van der Waals surface area contributed by atoms with E-state index in [1.165, 1.54) is 0 Å². The van der Waals surface area contributed by atoms with Crippen molar-refractivity contribution in [2.75, 3.05) is 6.61 Å². The minimum atomic E-state index is -1.51. The van der Waals surface area contributed by atoms with Gasteiger partial charge in [-0.15, -0.1) is 0 Å². The fourth-order valence-electron chi connectivity index (χ4n) is 0.556. The van der Waals surface area contributed by atoms with Gasteiger partial charge >= 0.3 is 11.9 Å². The van der Waals surface area contributed by atoms with Crippen molar-refractivity contribution < 1.29 is 24.2 Å². The number of Topliss-reactive ketones (excluding diaryl/α,β-unsaturated/α-hetero) is 1. The molecule has 0 aromatic rings. The normalized spacial score (nSPS) is 9.08. The maximum absolute atomic E-state index is 10.6. The molecule has 0 unspecified atom stereocenters. The number of hydrogen-bond acceptors (Lipinski definition) is 4. The summed E-state index contributed by atoms with van der Waals surface area (Å²) in [5.41, 5.74) is 0. The summed E-state index contributed by atoms with van der Waals surface area (Å²) in [6.45, 7) is 1.87. The molecular weight excluding hydrogens is 164 g/mol. The first kappa shape index (κ1) is 10.6. The molecule has 1 N–H and O–H groups in total. The van der Waals surface area contributed by atoms with Gasteiger partial charge in [-0.05, 0) is 6.92 Å². The van der Waals surface area contributed by atoms with Crippen molar-refractivity contribution in [3.05, 3.63) is 0 Å². The smallest absolute Gasteiger partial charge is 0.372 e. The number of carbonyl (C=O) groups excluding carboxylic acids is 2. The Bertz CT molecular complexity index is 196. The number of carboxylic acids is 1. The Morgan fingerprint density at radius 3 is 2.25 bits per heavy atom. The molecule has 0 aliphatic rings. The van der Waals surface area contributed by atoms with Crippen LogP contribution in [0, 0.1) is 0 Å². The van der Waals surface area contributed by atoms with Crippen LogP contribution in [0.25, 0.3) is 0 Å². The van der Waals surface area contributed by atoms with E-state index in [1.807, 2.05) is 0 Å². The summed E-state index contributed by atoms with van der Waals surface area (Å²) in [6, 6.07) is 0. The highest BCUT2D eigenvalue weighted by Crippen LogP contribution is 1.94. The predicted molar refractivity (Wildman–Crippen MR) is 38.5 cm³/mol. The van der Waals surface area contributed by atoms with E-state index in [2.05, 4.69) is 4.74 Å². The number of ketones is 1. The molecule has 12 heavy (non-hydrogen) atoms. The van der Waals surface area contributed by atoms with Crippen LogP contribution in [0.4, 0.5) is 0 Å². The number of rotatable bonds is 5. The van der Waals surface area contributed by atoms with Gasteiger partial charge in [-0.2, -0.15) is 0 Å². The monoisotopic (exact) mass is 174 g/mol. The van der Waals surface area contributed by atoms with Gasteiger partial charge in [0.05, 0.1) is 13.0 Å². The predicted octanol–water partition coefficient (Wildman–Crippen LogP) is -0.0166. The molecule has 0 aromatic heterocycles. The zero-order valence-electron chi connectivity index (χ0n) is 6.70. The van der Waals surface area contributed by atoms with Gasteiger partial charge < -0.3 is 9.84 Å². The fraction of sp³-hybridized carbons (Fsp3) is 0.571. The average Bonchev–Trinajstić information content (AvgIpc) is 2.00. The van der Waals surface area contributed by atoms with E-state index in [4.69, 9.17) is 5.11 Å². The summed E-state index contributed by atoms with van der Waals surface area (Å²) >= 11 is 0. The van der Waals surface area contributed by atoms with Crippen LogP contribution in [-0.4, -0.2) is 29.4 Å². The maximum atomic E-state index is 10.6. The van der Waals surface area contributed by atoms with Gasteiger partial charge in [-0.25, -0.2) is 4.79 Å². The highest BCUT2D eigenvalue weighted by atomic mass is 16.5. The van der Waals surface area contributed by atoms with Gasteiger partial charge in [0.25, 0.3) is 0 Å². The van der Waals surface area contributed by atoms with Crippen LogP contribution in [0.1, 0.15) is 19.8 Å². The number of ether oxygens (including phenoxy) is 1. The molecule has 0 spiro atoms. The summed E-state index contributed by atoms with van der Waals surface area (Å²) in [7, 11) is 0. The van der Waals surface area contributed by atoms with E-state index in [0.29, 0.717) is 0 Å². The third-order valence-electron chi connectivity index (χ3n) is 1.10. The lowest BCUT2D eigenvalue weighted by atomic mass is 10.2. The molecule has 0 amide bonds. The van der Waals surface area contributed by atoms with E-state index < -0.39 is 17.7 Å². The lowest BCUT2D eigenvalue weighted by molar-refractivity contribution is -0.150. The summed E-state index contributed by atoms with van der Waals surface area (Å²) in [5.74, 6) is -3.03. The van der Waals surface area contributed by atoms with Crippen LogP contribution in [-0.2, 0) is 19.1 Å². The fourth-order valence-corrected chi connectivity index (χ4v) is 0.556. The Balaban J connectivity index is 3.61. The zero-order valence-corrected chi connectivity index (χ0v) is 6.70. The maximum Gasteiger partial charge on any atom is 0.372 e. The van der Waals surface area contributed by atoms with Crippen LogP contribution >= 0.6 is 0 Å².